The van der Waals surface area contributed by atoms with Gasteiger partial charge in [0.15, 0.2) is 5.78 Å². The lowest BCUT2D eigenvalue weighted by Crippen LogP contribution is -2.29. The number of rotatable bonds is 8. The molecule has 1 N–H and O–H groups in total. The van der Waals surface area contributed by atoms with Crippen LogP contribution >= 0.6 is 11.6 Å². The molecule has 0 atom stereocenters. The summed E-state index contributed by atoms with van der Waals surface area (Å²) in [6.45, 7) is 3.28. The van der Waals surface area contributed by atoms with Gasteiger partial charge in [-0.2, -0.15) is 0 Å². The monoisotopic (exact) mass is 572 g/mol. The number of amides is 2. The lowest BCUT2D eigenvalue weighted by Gasteiger charge is -2.12. The number of alkyl halides is 3. The molecule has 0 aliphatic heterocycles. The Morgan fingerprint density at radius 3 is 2.23 bits per heavy atom. The Balaban J connectivity index is 1.63. The van der Waals surface area contributed by atoms with Crippen molar-refractivity contribution in [1.82, 2.24) is 9.88 Å². The number of benzene rings is 3. The van der Waals surface area contributed by atoms with E-state index in [1.165, 1.54) is 25.1 Å². The van der Waals surface area contributed by atoms with Gasteiger partial charge in [-0.1, -0.05) is 35.9 Å². The fraction of sp³-hybridized carbons (Fsp3) is 0.207. The summed E-state index contributed by atoms with van der Waals surface area (Å²) >= 11 is 5.97. The molecule has 2 amide bonds. The summed E-state index contributed by atoms with van der Waals surface area (Å²) in [5.74, 6) is -1.20. The molecule has 11 heteroatoms. The van der Waals surface area contributed by atoms with Crippen molar-refractivity contribution in [2.75, 3.05) is 6.61 Å². The first kappa shape index (κ1) is 28.7. The summed E-state index contributed by atoms with van der Waals surface area (Å²) in [6, 6.07) is 17.6. The first-order valence-corrected chi connectivity index (χ1v) is 12.5. The summed E-state index contributed by atoms with van der Waals surface area (Å²) in [5, 5.41) is 2.98. The molecule has 7 nitrogen and oxygen atoms in total. The molecule has 4 aromatic rings. The lowest BCUT2D eigenvalue weighted by molar-refractivity contribution is -0.274. The van der Waals surface area contributed by atoms with E-state index in [9.17, 15) is 27.6 Å². The normalized spacial score (nSPS) is 11.3. The molecule has 4 rings (SSSR count). The maximum Gasteiger partial charge on any atom is 0.573 e. The molecule has 0 saturated carbocycles. The summed E-state index contributed by atoms with van der Waals surface area (Å²) in [4.78, 5) is 35.8. The lowest BCUT2D eigenvalue weighted by atomic mass is 10.0. The molecule has 208 valence electrons. The Labute approximate surface area is 232 Å². The van der Waals surface area contributed by atoms with Gasteiger partial charge in [0.1, 0.15) is 5.75 Å². The molecule has 1 aromatic heterocycles. The molecule has 0 bridgehead atoms. The first-order chi connectivity index (χ1) is 18.9. The van der Waals surface area contributed by atoms with Gasteiger partial charge in [0.25, 0.3) is 0 Å². The van der Waals surface area contributed by atoms with E-state index in [1.54, 1.807) is 35.8 Å². The van der Waals surface area contributed by atoms with Gasteiger partial charge in [0, 0.05) is 47.6 Å². The van der Waals surface area contributed by atoms with Gasteiger partial charge in [-0.05, 0) is 54.4 Å². The second kappa shape index (κ2) is 11.8. The van der Waals surface area contributed by atoms with Crippen molar-refractivity contribution in [2.45, 2.75) is 33.2 Å². The zero-order chi connectivity index (χ0) is 29.0. The van der Waals surface area contributed by atoms with Crippen LogP contribution in [0.25, 0.3) is 10.9 Å². The van der Waals surface area contributed by atoms with Crippen LogP contribution < -0.4 is 10.1 Å². The Bertz CT molecular complexity index is 1560. The molecule has 0 aliphatic rings. The molecular weight excluding hydrogens is 549 g/mol. The van der Waals surface area contributed by atoms with Crippen LogP contribution in [0.4, 0.5) is 18.0 Å². The van der Waals surface area contributed by atoms with Crippen LogP contribution in [0, 0.1) is 6.92 Å². The Hall–Kier alpha value is -4.31. The predicted octanol–water partition coefficient (Wildman–Crippen LogP) is 6.60. The van der Waals surface area contributed by atoms with E-state index in [0.717, 1.165) is 11.1 Å². The quantitative estimate of drug-likeness (QED) is 0.241. The highest BCUT2D eigenvalue weighted by Gasteiger charge is 2.31. The number of nitrogens with one attached hydrogen (secondary N) is 1. The van der Waals surface area contributed by atoms with Crippen LogP contribution in [0.15, 0.2) is 66.7 Å². The van der Waals surface area contributed by atoms with Gasteiger partial charge in [-0.25, -0.2) is 4.79 Å². The highest BCUT2D eigenvalue weighted by molar-refractivity contribution is 6.30. The van der Waals surface area contributed by atoms with Crippen LogP contribution in [-0.2, 0) is 22.5 Å². The summed E-state index contributed by atoms with van der Waals surface area (Å²) in [5.41, 5.74) is 3.44. The summed E-state index contributed by atoms with van der Waals surface area (Å²) < 4.78 is 49.7. The van der Waals surface area contributed by atoms with Crippen molar-refractivity contribution in [3.8, 4) is 5.75 Å². The van der Waals surface area contributed by atoms with Gasteiger partial charge in [0.05, 0.1) is 17.7 Å². The molecule has 1 heterocycles. The third-order valence-electron chi connectivity index (χ3n) is 6.13. The van der Waals surface area contributed by atoms with Crippen molar-refractivity contribution in [2.24, 2.45) is 0 Å². The van der Waals surface area contributed by atoms with E-state index in [1.807, 2.05) is 29.6 Å². The van der Waals surface area contributed by atoms with Gasteiger partial charge in [0.2, 0.25) is 5.91 Å². The standard InChI is InChI=1S/C29H24ClF3N2O5/c1-17-26(27(37)21-7-9-22(30)10-8-21)24-12-11-23(40-29(31,32)33)15-25(24)35(17)16-20-5-3-19(4-6-20)13-14-39-28(38)34-18(2)36/h3-12,15H,13-14,16H2,1-2H3,(H,34,36,38). The van der Waals surface area contributed by atoms with Gasteiger partial charge < -0.3 is 14.0 Å². The number of hydrogen-bond donors (Lipinski definition) is 1. The number of ketones is 1. The molecule has 0 saturated heterocycles. The average Bonchev–Trinajstić information content (AvgIpc) is 3.14. The van der Waals surface area contributed by atoms with E-state index >= 15 is 0 Å². The molecule has 0 unspecified atom stereocenters. The van der Waals surface area contributed by atoms with E-state index in [-0.39, 0.29) is 18.9 Å². The van der Waals surface area contributed by atoms with Crippen molar-refractivity contribution in [3.05, 3.63) is 99.7 Å². The van der Waals surface area contributed by atoms with E-state index in [0.29, 0.717) is 39.2 Å². The van der Waals surface area contributed by atoms with E-state index in [4.69, 9.17) is 16.3 Å². The number of fused-ring (bicyclic) bond motifs is 1. The number of ether oxygens (including phenoxy) is 2. The minimum atomic E-state index is -4.87. The molecule has 40 heavy (non-hydrogen) atoms. The minimum Gasteiger partial charge on any atom is -0.449 e. The molecule has 0 spiro atoms. The molecule has 3 aromatic carbocycles. The van der Waals surface area contributed by atoms with Crippen LogP contribution in [0.3, 0.4) is 0 Å². The SMILES string of the molecule is CC(=O)NC(=O)OCCc1ccc(Cn2c(C)c(C(=O)c3ccc(Cl)cc3)c3ccc(OC(F)(F)F)cc32)cc1. The fourth-order valence-electron chi connectivity index (χ4n) is 4.33. The number of aromatic nitrogens is 1. The number of nitrogens with zero attached hydrogens (tertiary/aromatic N) is 1. The van der Waals surface area contributed by atoms with Gasteiger partial charge >= 0.3 is 12.5 Å². The molecule has 0 fully saturated rings. The topological polar surface area (TPSA) is 86.6 Å². The van der Waals surface area contributed by atoms with Crippen LogP contribution in [0.2, 0.25) is 5.02 Å². The van der Waals surface area contributed by atoms with Crippen LogP contribution in [-0.4, -0.2) is 35.3 Å². The largest absolute Gasteiger partial charge is 0.573 e. The summed E-state index contributed by atoms with van der Waals surface area (Å²) in [6.07, 6.45) is -5.28. The average molecular weight is 573 g/mol. The van der Waals surface area contributed by atoms with Crippen molar-refractivity contribution < 1.29 is 37.0 Å². The van der Waals surface area contributed by atoms with E-state index in [2.05, 4.69) is 4.74 Å². The van der Waals surface area contributed by atoms with Crippen LogP contribution in [0.1, 0.15) is 39.7 Å². The fourth-order valence-corrected chi connectivity index (χ4v) is 4.45. The number of imide groups is 1. The smallest absolute Gasteiger partial charge is 0.449 e. The van der Waals surface area contributed by atoms with Crippen LogP contribution in [0.5, 0.6) is 5.75 Å². The Kier molecular flexibility index (Phi) is 8.49. The third kappa shape index (κ3) is 7.01. The van der Waals surface area contributed by atoms with Gasteiger partial charge in [-0.3, -0.25) is 14.9 Å². The molecule has 0 aliphatic carbocycles. The van der Waals surface area contributed by atoms with Gasteiger partial charge in [-0.15, -0.1) is 13.2 Å². The second-order valence-electron chi connectivity index (χ2n) is 8.99. The number of hydrogen-bond acceptors (Lipinski definition) is 5. The maximum absolute atomic E-state index is 13.5. The minimum absolute atomic E-state index is 0.0674. The zero-order valence-electron chi connectivity index (χ0n) is 21.5. The van der Waals surface area contributed by atoms with Crippen molar-refractivity contribution in [3.63, 3.8) is 0 Å². The van der Waals surface area contributed by atoms with E-state index < -0.39 is 24.1 Å². The summed E-state index contributed by atoms with van der Waals surface area (Å²) in [7, 11) is 0. The van der Waals surface area contributed by atoms with Crippen molar-refractivity contribution >= 4 is 40.3 Å². The Morgan fingerprint density at radius 2 is 1.60 bits per heavy atom. The zero-order valence-corrected chi connectivity index (χ0v) is 22.2. The first-order valence-electron chi connectivity index (χ1n) is 12.1. The third-order valence-corrected chi connectivity index (χ3v) is 6.38. The maximum atomic E-state index is 13.5. The molecule has 0 radical (unpaired) electrons. The highest BCUT2D eigenvalue weighted by Crippen LogP contribution is 2.33. The Morgan fingerprint density at radius 1 is 0.950 bits per heavy atom. The number of carbonyl (C=O) groups excluding carboxylic acids is 3. The number of halogens is 4. The second-order valence-corrected chi connectivity index (χ2v) is 9.43. The number of carbonyl (C=O) groups is 3. The number of alkyl carbamates (subject to hydrolysis) is 1. The highest BCUT2D eigenvalue weighted by atomic mass is 35.5. The van der Waals surface area contributed by atoms with Crippen molar-refractivity contribution in [1.29, 1.82) is 0 Å². The predicted molar refractivity (Wildman–Crippen MR) is 143 cm³/mol. The molecular formula is C29H24ClF3N2O5.